The van der Waals surface area contributed by atoms with Crippen molar-refractivity contribution in [1.29, 1.82) is 0 Å². The Balaban J connectivity index is 2.02. The fourth-order valence-corrected chi connectivity index (χ4v) is 6.51. The number of benzene rings is 1. The van der Waals surface area contributed by atoms with Gasteiger partial charge in [-0.05, 0) is 57.7 Å². The molecular weight excluding hydrogens is 358 g/mol. The van der Waals surface area contributed by atoms with E-state index in [9.17, 15) is 8.42 Å². The van der Waals surface area contributed by atoms with E-state index in [4.69, 9.17) is 0 Å². The van der Waals surface area contributed by atoms with E-state index in [0.717, 1.165) is 10.9 Å². The van der Waals surface area contributed by atoms with Crippen LogP contribution in [-0.4, -0.2) is 27.0 Å². The summed E-state index contributed by atoms with van der Waals surface area (Å²) < 4.78 is 25.8. The predicted molar refractivity (Wildman–Crippen MR) is 88.1 cm³/mol. The van der Waals surface area contributed by atoms with Gasteiger partial charge in [-0.1, -0.05) is 12.1 Å². The van der Waals surface area contributed by atoms with E-state index in [1.54, 1.807) is 11.3 Å². The molecule has 0 radical (unpaired) electrons. The molecule has 1 aromatic heterocycles. The van der Waals surface area contributed by atoms with Crippen molar-refractivity contribution in [3.63, 3.8) is 0 Å². The minimum atomic E-state index is -2.85. The maximum absolute atomic E-state index is 11.7. The van der Waals surface area contributed by atoms with Gasteiger partial charge in [0.25, 0.3) is 0 Å². The summed E-state index contributed by atoms with van der Waals surface area (Å²) in [5, 5.41) is 6.69. The van der Waals surface area contributed by atoms with E-state index < -0.39 is 9.84 Å². The highest BCUT2D eigenvalue weighted by atomic mass is 79.9. The molecule has 0 saturated carbocycles. The molecule has 3 nitrogen and oxygen atoms in total. The molecule has 3 rings (SSSR count). The second-order valence-corrected chi connectivity index (χ2v) is 9.20. The van der Waals surface area contributed by atoms with E-state index in [1.807, 2.05) is 19.2 Å². The standard InChI is InChI=1S/C14H16BrNO2S2/c1-16-13(9-5-6-20(17,18)8-9)11-7-19-14-10(11)3-2-4-12(14)15/h2-4,7,9,13,16H,5-6,8H2,1H3. The molecule has 0 spiro atoms. The predicted octanol–water partition coefficient (Wildman–Crippen LogP) is 3.36. The monoisotopic (exact) mass is 373 g/mol. The number of thiophene rings is 1. The molecule has 0 bridgehead atoms. The van der Waals surface area contributed by atoms with Gasteiger partial charge in [0.15, 0.2) is 9.84 Å². The summed E-state index contributed by atoms with van der Waals surface area (Å²) in [6.45, 7) is 0. The molecule has 2 heterocycles. The highest BCUT2D eigenvalue weighted by Crippen LogP contribution is 2.39. The first-order valence-corrected chi connectivity index (χ1v) is 10.0. The Morgan fingerprint density at radius 3 is 2.90 bits per heavy atom. The van der Waals surface area contributed by atoms with Crippen LogP contribution in [-0.2, 0) is 9.84 Å². The van der Waals surface area contributed by atoms with Crippen molar-refractivity contribution in [3.8, 4) is 0 Å². The summed E-state index contributed by atoms with van der Waals surface area (Å²) in [7, 11) is -0.935. The summed E-state index contributed by atoms with van der Waals surface area (Å²) in [6.07, 6.45) is 0.749. The zero-order valence-corrected chi connectivity index (χ0v) is 14.3. The molecule has 1 fully saturated rings. The topological polar surface area (TPSA) is 46.2 Å². The molecular formula is C14H16BrNO2S2. The van der Waals surface area contributed by atoms with Crippen molar-refractivity contribution in [3.05, 3.63) is 33.6 Å². The lowest BCUT2D eigenvalue weighted by Crippen LogP contribution is -2.25. The van der Waals surface area contributed by atoms with Crippen molar-refractivity contribution in [2.45, 2.75) is 12.5 Å². The quantitative estimate of drug-likeness (QED) is 0.896. The van der Waals surface area contributed by atoms with Gasteiger partial charge in [0.2, 0.25) is 0 Å². The Bertz CT molecular complexity index is 739. The Morgan fingerprint density at radius 1 is 1.45 bits per heavy atom. The van der Waals surface area contributed by atoms with Crippen molar-refractivity contribution >= 4 is 47.2 Å². The van der Waals surface area contributed by atoms with Gasteiger partial charge < -0.3 is 5.32 Å². The Kier molecular flexibility index (Phi) is 3.92. The third kappa shape index (κ3) is 2.54. The Labute approximate surface area is 131 Å². The van der Waals surface area contributed by atoms with E-state index in [-0.39, 0.29) is 12.0 Å². The number of fused-ring (bicyclic) bond motifs is 1. The lowest BCUT2D eigenvalue weighted by molar-refractivity contribution is 0.422. The minimum absolute atomic E-state index is 0.107. The first kappa shape index (κ1) is 14.5. The molecule has 2 atom stereocenters. The Morgan fingerprint density at radius 2 is 2.25 bits per heavy atom. The molecule has 1 aromatic carbocycles. The molecule has 6 heteroatoms. The third-order valence-corrected chi connectivity index (χ3v) is 7.73. The molecule has 1 aliphatic rings. The van der Waals surface area contributed by atoms with Crippen LogP contribution in [0.15, 0.2) is 28.1 Å². The highest BCUT2D eigenvalue weighted by Gasteiger charge is 2.34. The van der Waals surface area contributed by atoms with E-state index in [0.29, 0.717) is 11.5 Å². The van der Waals surface area contributed by atoms with Crippen LogP contribution in [0.4, 0.5) is 0 Å². The molecule has 1 saturated heterocycles. The van der Waals surface area contributed by atoms with Crippen LogP contribution < -0.4 is 5.32 Å². The fourth-order valence-electron chi connectivity index (χ4n) is 3.01. The van der Waals surface area contributed by atoms with Gasteiger partial charge in [0.1, 0.15) is 0 Å². The molecule has 2 unspecified atom stereocenters. The number of nitrogens with one attached hydrogen (secondary N) is 1. The molecule has 2 aromatic rings. The largest absolute Gasteiger partial charge is 0.313 e. The average molecular weight is 374 g/mol. The Hall–Kier alpha value is -0.430. The molecule has 1 N–H and O–H groups in total. The van der Waals surface area contributed by atoms with Gasteiger partial charge in [-0.15, -0.1) is 11.3 Å². The van der Waals surface area contributed by atoms with Gasteiger partial charge in [-0.2, -0.15) is 0 Å². The van der Waals surface area contributed by atoms with Crippen molar-refractivity contribution in [2.24, 2.45) is 5.92 Å². The van der Waals surface area contributed by atoms with Gasteiger partial charge in [0.05, 0.1) is 11.5 Å². The van der Waals surface area contributed by atoms with Crippen LogP contribution in [0.2, 0.25) is 0 Å². The second-order valence-electron chi connectivity index (χ2n) is 5.24. The zero-order chi connectivity index (χ0) is 14.3. The molecule has 0 amide bonds. The number of sulfone groups is 1. The summed E-state index contributed by atoms with van der Waals surface area (Å²) in [4.78, 5) is 0. The zero-order valence-electron chi connectivity index (χ0n) is 11.1. The van der Waals surface area contributed by atoms with E-state index >= 15 is 0 Å². The SMILES string of the molecule is CNC(c1csc2c(Br)cccc12)C1CCS(=O)(=O)C1. The van der Waals surface area contributed by atoms with Gasteiger partial charge in [-0.3, -0.25) is 0 Å². The number of hydrogen-bond donors (Lipinski definition) is 1. The average Bonchev–Trinajstić information content (AvgIpc) is 2.96. The maximum atomic E-state index is 11.7. The number of halogens is 1. The summed E-state index contributed by atoms with van der Waals surface area (Å²) in [5.74, 6) is 0.785. The normalized spacial score (nSPS) is 23.2. The van der Waals surface area contributed by atoms with E-state index in [1.165, 1.54) is 15.6 Å². The third-order valence-electron chi connectivity index (χ3n) is 3.97. The fraction of sp³-hybridized carbons (Fsp3) is 0.429. The summed E-state index contributed by atoms with van der Waals surface area (Å²) >= 11 is 5.28. The van der Waals surface area contributed by atoms with Crippen molar-refractivity contribution in [2.75, 3.05) is 18.6 Å². The second kappa shape index (κ2) is 5.40. The molecule has 0 aliphatic carbocycles. The van der Waals surface area contributed by atoms with Gasteiger partial charge >= 0.3 is 0 Å². The number of hydrogen-bond acceptors (Lipinski definition) is 4. The van der Waals surface area contributed by atoms with Crippen LogP contribution in [0.1, 0.15) is 18.0 Å². The van der Waals surface area contributed by atoms with E-state index in [2.05, 4.69) is 32.7 Å². The highest BCUT2D eigenvalue weighted by molar-refractivity contribution is 9.10. The lowest BCUT2D eigenvalue weighted by Gasteiger charge is -2.21. The first-order valence-electron chi connectivity index (χ1n) is 6.55. The van der Waals surface area contributed by atoms with Gasteiger partial charge in [0, 0.05) is 15.2 Å². The van der Waals surface area contributed by atoms with Crippen LogP contribution >= 0.6 is 27.3 Å². The minimum Gasteiger partial charge on any atom is -0.313 e. The smallest absolute Gasteiger partial charge is 0.150 e. The first-order chi connectivity index (χ1) is 9.52. The van der Waals surface area contributed by atoms with Crippen molar-refractivity contribution in [1.82, 2.24) is 5.32 Å². The summed E-state index contributed by atoms with van der Waals surface area (Å²) in [5.41, 5.74) is 1.22. The number of rotatable bonds is 3. The van der Waals surface area contributed by atoms with Crippen LogP contribution in [0, 0.1) is 5.92 Å². The molecule has 20 heavy (non-hydrogen) atoms. The van der Waals surface area contributed by atoms with Crippen LogP contribution in [0.3, 0.4) is 0 Å². The van der Waals surface area contributed by atoms with Crippen LogP contribution in [0.25, 0.3) is 10.1 Å². The van der Waals surface area contributed by atoms with Gasteiger partial charge in [-0.25, -0.2) is 8.42 Å². The lowest BCUT2D eigenvalue weighted by atomic mass is 9.92. The molecule has 1 aliphatic heterocycles. The molecule has 108 valence electrons. The summed E-state index contributed by atoms with van der Waals surface area (Å²) in [6, 6.07) is 6.28. The van der Waals surface area contributed by atoms with Crippen molar-refractivity contribution < 1.29 is 8.42 Å². The maximum Gasteiger partial charge on any atom is 0.150 e. The van der Waals surface area contributed by atoms with Crippen LogP contribution in [0.5, 0.6) is 0 Å².